The Balaban J connectivity index is 2.15. The summed E-state index contributed by atoms with van der Waals surface area (Å²) in [6, 6.07) is 10.7. The standard InChI is InChI=1S/C16H17N/c1-12-15-10-6-5-9-14(15)11-16(17-12)13-7-3-2-4-8-13/h5-7,9-11H,2-4,8H2,1H3. The van der Waals surface area contributed by atoms with Crippen molar-refractivity contribution in [3.8, 4) is 0 Å². The van der Waals surface area contributed by atoms with Crippen LogP contribution in [0.2, 0.25) is 0 Å². The van der Waals surface area contributed by atoms with E-state index in [1.54, 1.807) is 0 Å². The SMILES string of the molecule is Cc1nc(C2=CCCCC2)cc2ccccc12. The fourth-order valence-corrected chi connectivity index (χ4v) is 2.61. The Hall–Kier alpha value is -1.63. The van der Waals surface area contributed by atoms with Crippen LogP contribution in [0.3, 0.4) is 0 Å². The van der Waals surface area contributed by atoms with Gasteiger partial charge in [0.1, 0.15) is 0 Å². The van der Waals surface area contributed by atoms with E-state index in [4.69, 9.17) is 4.98 Å². The average Bonchev–Trinajstić information content (AvgIpc) is 2.40. The molecule has 1 aliphatic carbocycles. The number of rotatable bonds is 1. The van der Waals surface area contributed by atoms with E-state index in [0.29, 0.717) is 0 Å². The highest BCUT2D eigenvalue weighted by Crippen LogP contribution is 2.28. The van der Waals surface area contributed by atoms with Crippen LogP contribution >= 0.6 is 0 Å². The van der Waals surface area contributed by atoms with E-state index >= 15 is 0 Å². The van der Waals surface area contributed by atoms with Gasteiger partial charge < -0.3 is 0 Å². The van der Waals surface area contributed by atoms with E-state index < -0.39 is 0 Å². The maximum Gasteiger partial charge on any atom is 0.0668 e. The Morgan fingerprint density at radius 1 is 1.12 bits per heavy atom. The first-order chi connectivity index (χ1) is 8.34. The van der Waals surface area contributed by atoms with Crippen LogP contribution in [-0.2, 0) is 0 Å². The number of allylic oxidation sites excluding steroid dienone is 2. The lowest BCUT2D eigenvalue weighted by Crippen LogP contribution is -1.97. The molecule has 0 radical (unpaired) electrons. The van der Waals surface area contributed by atoms with Gasteiger partial charge in [-0.15, -0.1) is 0 Å². The molecule has 1 heterocycles. The van der Waals surface area contributed by atoms with Crippen molar-refractivity contribution in [1.29, 1.82) is 0 Å². The van der Waals surface area contributed by atoms with Crippen LogP contribution in [0.15, 0.2) is 36.4 Å². The van der Waals surface area contributed by atoms with Gasteiger partial charge in [-0.05, 0) is 49.6 Å². The van der Waals surface area contributed by atoms with Gasteiger partial charge in [-0.25, -0.2) is 0 Å². The van der Waals surface area contributed by atoms with Crippen molar-refractivity contribution in [2.45, 2.75) is 32.6 Å². The first kappa shape index (κ1) is 10.5. The second-order valence-electron chi connectivity index (χ2n) is 4.79. The van der Waals surface area contributed by atoms with Crippen molar-refractivity contribution >= 4 is 16.3 Å². The van der Waals surface area contributed by atoms with Gasteiger partial charge in [-0.1, -0.05) is 30.3 Å². The van der Waals surface area contributed by atoms with E-state index in [0.717, 1.165) is 5.69 Å². The molecule has 3 rings (SSSR count). The zero-order chi connectivity index (χ0) is 11.7. The molecule has 1 aromatic carbocycles. The summed E-state index contributed by atoms with van der Waals surface area (Å²) in [6.07, 6.45) is 7.39. The van der Waals surface area contributed by atoms with Crippen molar-refractivity contribution in [2.75, 3.05) is 0 Å². The summed E-state index contributed by atoms with van der Waals surface area (Å²) in [5.41, 5.74) is 3.76. The lowest BCUT2D eigenvalue weighted by Gasteiger charge is -2.13. The lowest BCUT2D eigenvalue weighted by molar-refractivity contribution is 0.740. The molecule has 0 aliphatic heterocycles. The molecule has 0 spiro atoms. The molecule has 0 bridgehead atoms. The molecular weight excluding hydrogens is 206 g/mol. The summed E-state index contributed by atoms with van der Waals surface area (Å²) in [4.78, 5) is 4.76. The van der Waals surface area contributed by atoms with Crippen LogP contribution in [0.4, 0.5) is 0 Å². The third-order valence-electron chi connectivity index (χ3n) is 3.55. The minimum Gasteiger partial charge on any atom is -0.253 e. The summed E-state index contributed by atoms with van der Waals surface area (Å²) in [7, 11) is 0. The number of nitrogens with zero attached hydrogens (tertiary/aromatic N) is 1. The quantitative estimate of drug-likeness (QED) is 0.693. The van der Waals surface area contributed by atoms with Gasteiger partial charge in [-0.3, -0.25) is 4.98 Å². The molecule has 0 amide bonds. The van der Waals surface area contributed by atoms with Crippen molar-refractivity contribution in [3.05, 3.63) is 47.8 Å². The zero-order valence-corrected chi connectivity index (χ0v) is 10.2. The van der Waals surface area contributed by atoms with Gasteiger partial charge in [0, 0.05) is 11.1 Å². The number of hydrogen-bond acceptors (Lipinski definition) is 1. The molecule has 0 N–H and O–H groups in total. The van der Waals surface area contributed by atoms with Gasteiger partial charge in [0.05, 0.1) is 5.69 Å². The number of aryl methyl sites for hydroxylation is 1. The van der Waals surface area contributed by atoms with Gasteiger partial charge >= 0.3 is 0 Å². The van der Waals surface area contributed by atoms with Gasteiger partial charge in [0.25, 0.3) is 0 Å². The predicted molar refractivity (Wildman–Crippen MR) is 72.9 cm³/mol. The average molecular weight is 223 g/mol. The van der Waals surface area contributed by atoms with Gasteiger partial charge in [0.15, 0.2) is 0 Å². The molecule has 0 saturated heterocycles. The number of benzene rings is 1. The monoisotopic (exact) mass is 223 g/mol. The van der Waals surface area contributed by atoms with E-state index in [9.17, 15) is 0 Å². The van der Waals surface area contributed by atoms with Crippen molar-refractivity contribution in [2.24, 2.45) is 0 Å². The van der Waals surface area contributed by atoms with Crippen LogP contribution in [0.1, 0.15) is 37.1 Å². The molecule has 0 atom stereocenters. The third-order valence-corrected chi connectivity index (χ3v) is 3.55. The maximum absolute atomic E-state index is 4.76. The smallest absolute Gasteiger partial charge is 0.0668 e. The highest BCUT2D eigenvalue weighted by atomic mass is 14.7. The second-order valence-corrected chi connectivity index (χ2v) is 4.79. The summed E-state index contributed by atoms with van der Waals surface area (Å²) in [6.45, 7) is 2.11. The molecule has 1 heteroatoms. The first-order valence-electron chi connectivity index (χ1n) is 6.40. The summed E-state index contributed by atoms with van der Waals surface area (Å²) >= 11 is 0. The van der Waals surface area contributed by atoms with Gasteiger partial charge in [0.2, 0.25) is 0 Å². The molecule has 1 aliphatic rings. The fraction of sp³-hybridized carbons (Fsp3) is 0.312. The van der Waals surface area contributed by atoms with Crippen molar-refractivity contribution in [3.63, 3.8) is 0 Å². The second kappa shape index (κ2) is 4.33. The molecule has 2 aromatic rings. The molecule has 0 unspecified atom stereocenters. The summed E-state index contributed by atoms with van der Waals surface area (Å²) in [5.74, 6) is 0. The minimum absolute atomic E-state index is 1.14. The largest absolute Gasteiger partial charge is 0.253 e. The topological polar surface area (TPSA) is 12.9 Å². The highest BCUT2D eigenvalue weighted by Gasteiger charge is 2.09. The Kier molecular flexibility index (Phi) is 2.68. The van der Waals surface area contributed by atoms with Crippen LogP contribution in [0.25, 0.3) is 16.3 Å². The molecule has 1 aromatic heterocycles. The van der Waals surface area contributed by atoms with E-state index in [-0.39, 0.29) is 0 Å². The van der Waals surface area contributed by atoms with Gasteiger partial charge in [-0.2, -0.15) is 0 Å². The Bertz CT molecular complexity index is 581. The number of fused-ring (bicyclic) bond motifs is 1. The first-order valence-corrected chi connectivity index (χ1v) is 6.40. The van der Waals surface area contributed by atoms with Crippen LogP contribution in [0, 0.1) is 6.92 Å². The number of pyridine rings is 1. The molecule has 0 fully saturated rings. The normalized spacial score (nSPS) is 15.9. The molecule has 1 nitrogen and oxygen atoms in total. The van der Waals surface area contributed by atoms with Crippen LogP contribution in [-0.4, -0.2) is 4.98 Å². The van der Waals surface area contributed by atoms with Crippen molar-refractivity contribution < 1.29 is 0 Å². The van der Waals surface area contributed by atoms with Crippen LogP contribution in [0.5, 0.6) is 0 Å². The minimum atomic E-state index is 1.14. The Morgan fingerprint density at radius 3 is 2.82 bits per heavy atom. The summed E-state index contributed by atoms with van der Waals surface area (Å²) in [5, 5.41) is 2.58. The third kappa shape index (κ3) is 1.97. The van der Waals surface area contributed by atoms with E-state index in [2.05, 4.69) is 43.3 Å². The van der Waals surface area contributed by atoms with Crippen LogP contribution < -0.4 is 0 Å². The maximum atomic E-state index is 4.76. The molecule has 86 valence electrons. The summed E-state index contributed by atoms with van der Waals surface area (Å²) < 4.78 is 0. The molecule has 0 saturated carbocycles. The Labute approximate surface area is 102 Å². The number of aromatic nitrogens is 1. The fourth-order valence-electron chi connectivity index (χ4n) is 2.61. The molecule has 17 heavy (non-hydrogen) atoms. The Morgan fingerprint density at radius 2 is 2.00 bits per heavy atom. The number of hydrogen-bond donors (Lipinski definition) is 0. The highest BCUT2D eigenvalue weighted by molar-refractivity contribution is 5.87. The van der Waals surface area contributed by atoms with Crippen molar-refractivity contribution in [1.82, 2.24) is 4.98 Å². The van der Waals surface area contributed by atoms with E-state index in [1.807, 2.05) is 0 Å². The van der Waals surface area contributed by atoms with E-state index in [1.165, 1.54) is 47.7 Å². The zero-order valence-electron chi connectivity index (χ0n) is 10.2. The predicted octanol–water partition coefficient (Wildman–Crippen LogP) is 4.50. The lowest BCUT2D eigenvalue weighted by atomic mass is 9.95. The molecular formula is C16H17N.